The van der Waals surface area contributed by atoms with Crippen LogP contribution >= 0.6 is 0 Å². The average molecular weight is 668 g/mol. The number of carbonyl (C=O) groups is 2. The molecular formula is C42H69NO5. The summed E-state index contributed by atoms with van der Waals surface area (Å²) in [6.07, 6.45) is 14.4. The van der Waals surface area contributed by atoms with Crippen molar-refractivity contribution in [3.8, 4) is 0 Å². The van der Waals surface area contributed by atoms with Gasteiger partial charge in [-0.2, -0.15) is 0 Å². The second kappa shape index (κ2) is 12.4. The molecule has 11 atom stereocenters. The Morgan fingerprint density at radius 2 is 1.60 bits per heavy atom. The Hall–Kier alpha value is -1.40. The minimum atomic E-state index is -0.871. The highest BCUT2D eigenvalue weighted by atomic mass is 16.5. The fourth-order valence-electron chi connectivity index (χ4n) is 14.4. The molecule has 6 heteroatoms. The topological polar surface area (TPSA) is 87.1 Å². The maximum absolute atomic E-state index is 13.2. The number of hydrogen-bond donors (Lipinski definition) is 2. The lowest BCUT2D eigenvalue weighted by Crippen LogP contribution is -2.66. The summed E-state index contributed by atoms with van der Waals surface area (Å²) >= 11 is 0. The lowest BCUT2D eigenvalue weighted by atomic mass is 9.32. The second-order valence-corrected chi connectivity index (χ2v) is 20.3. The van der Waals surface area contributed by atoms with Gasteiger partial charge in [-0.3, -0.25) is 9.59 Å². The van der Waals surface area contributed by atoms with Gasteiger partial charge in [0.2, 0.25) is 0 Å². The van der Waals surface area contributed by atoms with Gasteiger partial charge in [0.05, 0.1) is 18.9 Å². The summed E-state index contributed by atoms with van der Waals surface area (Å²) in [7, 11) is 0. The molecule has 1 aliphatic heterocycles. The van der Waals surface area contributed by atoms with Crippen LogP contribution in [0.1, 0.15) is 145 Å². The maximum atomic E-state index is 13.2. The highest BCUT2D eigenvalue weighted by molar-refractivity contribution is 5.73. The van der Waals surface area contributed by atoms with Crippen LogP contribution in [0.2, 0.25) is 0 Å². The summed E-state index contributed by atoms with van der Waals surface area (Å²) in [5.74, 6) is 2.14. The third kappa shape index (κ3) is 5.83. The summed E-state index contributed by atoms with van der Waals surface area (Å²) in [6, 6.07) is 0. The number of hydrogen-bond acceptors (Lipinski definition) is 5. The SMILES string of the molecule is C=C(C)[C@@H]1CC[C@]2(CCN3CCC(O)C3)CC[C@]3(C)[C@H](CC[C@@H]4[C@@]5(C)CC[C@H](OC(=O)CC(C)(C)CC(=O)O)C(C)(C)[C@@H]5CC[C@]43C)[C@@H]12. The van der Waals surface area contributed by atoms with E-state index in [1.807, 2.05) is 13.8 Å². The van der Waals surface area contributed by atoms with Crippen LogP contribution in [-0.4, -0.2) is 58.9 Å². The molecule has 6 nitrogen and oxygen atoms in total. The number of fused-ring (bicyclic) bond motifs is 7. The summed E-state index contributed by atoms with van der Waals surface area (Å²) in [5.41, 5.74) is 1.89. The van der Waals surface area contributed by atoms with Crippen molar-refractivity contribution in [2.75, 3.05) is 19.6 Å². The van der Waals surface area contributed by atoms with E-state index in [0.717, 1.165) is 50.7 Å². The largest absolute Gasteiger partial charge is 0.481 e. The number of ether oxygens (including phenoxy) is 1. The highest BCUT2D eigenvalue weighted by Crippen LogP contribution is 2.78. The van der Waals surface area contributed by atoms with Crippen LogP contribution in [0.3, 0.4) is 0 Å². The van der Waals surface area contributed by atoms with E-state index in [9.17, 15) is 19.8 Å². The Morgan fingerprint density at radius 3 is 2.25 bits per heavy atom. The standard InChI is InChI=1S/C42H69NO5/c1-27(2)29-12-18-42(21-23-43-22-15-28(44)26-43)20-19-40(8)30(36(29)42)10-11-32-39(7)16-14-33(38(5,6)31(39)13-17-41(32,40)9)48-35(47)25-37(3,4)24-34(45)46/h28-33,36,44H,1,10-26H2,2-9H3,(H,45,46)/t28?,29-,30+,31-,32+,33-,36+,39-,40+,41+,42+/m0/s1. The molecule has 272 valence electrons. The van der Waals surface area contributed by atoms with Crippen molar-refractivity contribution < 1.29 is 24.5 Å². The van der Waals surface area contributed by atoms with Gasteiger partial charge in [-0.15, -0.1) is 0 Å². The van der Waals surface area contributed by atoms with Gasteiger partial charge in [-0.05, 0) is 147 Å². The number of likely N-dealkylation sites (tertiary alicyclic amines) is 1. The molecule has 0 aromatic carbocycles. The van der Waals surface area contributed by atoms with Gasteiger partial charge in [0.1, 0.15) is 6.10 Å². The fraction of sp³-hybridized carbons (Fsp3) is 0.905. The molecule has 0 aromatic rings. The van der Waals surface area contributed by atoms with Gasteiger partial charge in [-0.25, -0.2) is 0 Å². The molecule has 0 aromatic heterocycles. The molecule has 5 aliphatic carbocycles. The first-order valence-electron chi connectivity index (χ1n) is 19.8. The molecule has 6 fully saturated rings. The minimum absolute atomic E-state index is 0.0332. The van der Waals surface area contributed by atoms with E-state index in [1.165, 1.54) is 63.4 Å². The predicted octanol–water partition coefficient (Wildman–Crippen LogP) is 8.90. The van der Waals surface area contributed by atoms with Crippen molar-refractivity contribution in [1.29, 1.82) is 0 Å². The first-order chi connectivity index (χ1) is 22.3. The number of esters is 1. The van der Waals surface area contributed by atoms with Gasteiger partial charge in [0, 0.05) is 18.5 Å². The van der Waals surface area contributed by atoms with Crippen LogP contribution in [0.25, 0.3) is 0 Å². The number of allylic oxidation sites excluding steroid dienone is 1. The smallest absolute Gasteiger partial charge is 0.306 e. The zero-order valence-electron chi connectivity index (χ0n) is 31.8. The van der Waals surface area contributed by atoms with Crippen LogP contribution in [-0.2, 0) is 14.3 Å². The molecular weight excluding hydrogens is 598 g/mol. The zero-order chi connectivity index (χ0) is 35.1. The van der Waals surface area contributed by atoms with Gasteiger partial charge < -0.3 is 19.8 Å². The number of carboxylic acids is 1. The molecule has 0 bridgehead atoms. The van der Waals surface area contributed by atoms with Crippen molar-refractivity contribution in [3.63, 3.8) is 0 Å². The number of rotatable bonds is 9. The summed E-state index contributed by atoms with van der Waals surface area (Å²) in [5, 5.41) is 19.6. The number of carbonyl (C=O) groups excluding carboxylic acids is 1. The van der Waals surface area contributed by atoms with Gasteiger partial charge in [0.25, 0.3) is 0 Å². The lowest BCUT2D eigenvalue weighted by molar-refractivity contribution is -0.250. The summed E-state index contributed by atoms with van der Waals surface area (Å²) < 4.78 is 6.29. The Bertz CT molecular complexity index is 1270. The number of nitrogens with zero attached hydrogens (tertiary/aromatic N) is 1. The minimum Gasteiger partial charge on any atom is -0.481 e. The fourth-order valence-corrected chi connectivity index (χ4v) is 14.4. The molecule has 5 saturated carbocycles. The number of aliphatic carboxylic acids is 1. The van der Waals surface area contributed by atoms with E-state index in [1.54, 1.807) is 0 Å². The van der Waals surface area contributed by atoms with Crippen LogP contribution in [0.5, 0.6) is 0 Å². The first kappa shape index (κ1) is 36.4. The zero-order valence-corrected chi connectivity index (χ0v) is 31.8. The normalized spacial score (nSPS) is 45.4. The van der Waals surface area contributed by atoms with E-state index in [4.69, 9.17) is 4.74 Å². The molecule has 6 aliphatic rings. The number of aliphatic hydroxyl groups is 1. The van der Waals surface area contributed by atoms with Crippen LogP contribution in [0.15, 0.2) is 12.2 Å². The van der Waals surface area contributed by atoms with Crippen molar-refractivity contribution in [2.24, 2.45) is 62.1 Å². The number of carboxylic acid groups (broad SMARTS) is 1. The van der Waals surface area contributed by atoms with Crippen LogP contribution in [0, 0.1) is 62.1 Å². The molecule has 6 rings (SSSR count). The molecule has 1 saturated heterocycles. The first-order valence-corrected chi connectivity index (χ1v) is 19.8. The molecule has 0 amide bonds. The van der Waals surface area contributed by atoms with Crippen LogP contribution < -0.4 is 0 Å². The van der Waals surface area contributed by atoms with Gasteiger partial charge >= 0.3 is 11.9 Å². The quantitative estimate of drug-likeness (QED) is 0.189. The van der Waals surface area contributed by atoms with Crippen molar-refractivity contribution >= 4 is 11.9 Å². The van der Waals surface area contributed by atoms with Gasteiger partial charge in [0.15, 0.2) is 0 Å². The van der Waals surface area contributed by atoms with E-state index < -0.39 is 11.4 Å². The van der Waals surface area contributed by atoms with E-state index in [0.29, 0.717) is 28.6 Å². The van der Waals surface area contributed by atoms with E-state index in [-0.39, 0.29) is 47.3 Å². The predicted molar refractivity (Wildman–Crippen MR) is 191 cm³/mol. The molecule has 0 radical (unpaired) electrons. The van der Waals surface area contributed by atoms with Crippen molar-refractivity contribution in [1.82, 2.24) is 4.90 Å². The lowest BCUT2D eigenvalue weighted by Gasteiger charge is -2.73. The Morgan fingerprint density at radius 1 is 0.875 bits per heavy atom. The van der Waals surface area contributed by atoms with Crippen molar-refractivity contribution in [2.45, 2.75) is 157 Å². The molecule has 1 unspecified atom stereocenters. The highest BCUT2D eigenvalue weighted by Gasteiger charge is 2.71. The second-order valence-electron chi connectivity index (χ2n) is 20.3. The number of aliphatic hydroxyl groups excluding tert-OH is 1. The summed E-state index contributed by atoms with van der Waals surface area (Å²) in [6.45, 7) is 26.4. The average Bonchev–Trinajstić information content (AvgIpc) is 3.56. The van der Waals surface area contributed by atoms with E-state index >= 15 is 0 Å². The number of β-amino-alcohol motifs (C(OH)–C–C–N with tert-alkyl or cyclic N) is 1. The molecule has 0 spiro atoms. The molecule has 2 N–H and O–H groups in total. The Labute approximate surface area is 292 Å². The van der Waals surface area contributed by atoms with E-state index in [2.05, 4.69) is 53.0 Å². The summed E-state index contributed by atoms with van der Waals surface area (Å²) in [4.78, 5) is 27.1. The Balaban J connectivity index is 1.22. The van der Waals surface area contributed by atoms with Crippen LogP contribution in [0.4, 0.5) is 0 Å². The maximum Gasteiger partial charge on any atom is 0.306 e. The van der Waals surface area contributed by atoms with Gasteiger partial charge in [-0.1, -0.05) is 60.6 Å². The third-order valence-corrected chi connectivity index (χ3v) is 16.9. The molecule has 48 heavy (non-hydrogen) atoms. The van der Waals surface area contributed by atoms with Crippen molar-refractivity contribution in [3.05, 3.63) is 12.2 Å². The monoisotopic (exact) mass is 668 g/mol. The Kier molecular flexibility index (Phi) is 9.39. The third-order valence-electron chi connectivity index (χ3n) is 16.9. The molecule has 1 heterocycles.